The SMILES string of the molecule is O=C(O)COc1ccc(C(=O)/C=C/c2ccc(O)c([N+](=O)[O-])c2)cc1. The molecule has 0 aliphatic heterocycles. The highest BCUT2D eigenvalue weighted by atomic mass is 16.6. The summed E-state index contributed by atoms with van der Waals surface area (Å²) in [5, 5.41) is 28.7. The molecule has 0 atom stereocenters. The zero-order valence-corrected chi connectivity index (χ0v) is 12.8. The number of hydrogen-bond donors (Lipinski definition) is 2. The Bertz CT molecular complexity index is 841. The summed E-state index contributed by atoms with van der Waals surface area (Å²) in [6.45, 7) is -0.479. The van der Waals surface area contributed by atoms with E-state index in [1.165, 1.54) is 48.6 Å². The van der Waals surface area contributed by atoms with Gasteiger partial charge in [-0.2, -0.15) is 0 Å². The molecule has 2 aromatic rings. The van der Waals surface area contributed by atoms with Gasteiger partial charge in [-0.05, 0) is 42.0 Å². The van der Waals surface area contributed by atoms with Crippen LogP contribution in [0.15, 0.2) is 48.5 Å². The molecule has 0 bridgehead atoms. The highest BCUT2D eigenvalue weighted by Gasteiger charge is 2.12. The number of carbonyl (C=O) groups excluding carboxylic acids is 1. The van der Waals surface area contributed by atoms with Crippen molar-refractivity contribution in [3.05, 3.63) is 69.8 Å². The summed E-state index contributed by atoms with van der Waals surface area (Å²) in [4.78, 5) is 32.5. The highest BCUT2D eigenvalue weighted by molar-refractivity contribution is 6.06. The number of carbonyl (C=O) groups is 2. The first-order valence-electron chi connectivity index (χ1n) is 7.01. The minimum absolute atomic E-state index is 0.317. The molecule has 0 heterocycles. The van der Waals surface area contributed by atoms with Crippen molar-refractivity contribution in [3.8, 4) is 11.5 Å². The predicted molar refractivity (Wildman–Crippen MR) is 87.7 cm³/mol. The molecule has 8 nitrogen and oxygen atoms in total. The van der Waals surface area contributed by atoms with E-state index in [1.807, 2.05) is 0 Å². The lowest BCUT2D eigenvalue weighted by Crippen LogP contribution is -2.09. The Morgan fingerprint density at radius 3 is 2.44 bits per heavy atom. The maximum Gasteiger partial charge on any atom is 0.341 e. The maximum atomic E-state index is 12.1. The molecule has 0 saturated carbocycles. The fraction of sp³-hybridized carbons (Fsp3) is 0.0588. The molecule has 2 N–H and O–H groups in total. The van der Waals surface area contributed by atoms with Crippen LogP contribution in [0.25, 0.3) is 6.08 Å². The van der Waals surface area contributed by atoms with Crippen molar-refractivity contribution >= 4 is 23.5 Å². The van der Waals surface area contributed by atoms with Crippen LogP contribution in [-0.2, 0) is 4.79 Å². The van der Waals surface area contributed by atoms with E-state index in [2.05, 4.69) is 0 Å². The van der Waals surface area contributed by atoms with E-state index >= 15 is 0 Å². The number of benzene rings is 2. The van der Waals surface area contributed by atoms with Crippen LogP contribution in [0.5, 0.6) is 11.5 Å². The molecule has 2 rings (SSSR count). The van der Waals surface area contributed by atoms with Crippen molar-refractivity contribution in [3.63, 3.8) is 0 Å². The predicted octanol–water partition coefficient (Wildman–Crippen LogP) is 2.66. The van der Waals surface area contributed by atoms with Crippen molar-refractivity contribution in [1.29, 1.82) is 0 Å². The van der Waals surface area contributed by atoms with Crippen molar-refractivity contribution in [2.24, 2.45) is 0 Å². The minimum atomic E-state index is -1.11. The fourth-order valence-electron chi connectivity index (χ4n) is 1.92. The van der Waals surface area contributed by atoms with E-state index in [0.29, 0.717) is 16.9 Å². The minimum Gasteiger partial charge on any atom is -0.502 e. The smallest absolute Gasteiger partial charge is 0.341 e. The number of nitro groups is 1. The lowest BCUT2D eigenvalue weighted by Gasteiger charge is -2.03. The maximum absolute atomic E-state index is 12.1. The van der Waals surface area contributed by atoms with Gasteiger partial charge in [-0.15, -0.1) is 0 Å². The van der Waals surface area contributed by atoms with Gasteiger partial charge in [0, 0.05) is 11.6 Å². The second kappa shape index (κ2) is 7.73. The summed E-state index contributed by atoms with van der Waals surface area (Å²) in [5.41, 5.74) is 0.279. The Morgan fingerprint density at radius 1 is 1.16 bits per heavy atom. The normalized spacial score (nSPS) is 10.6. The Morgan fingerprint density at radius 2 is 1.84 bits per heavy atom. The quantitative estimate of drug-likeness (QED) is 0.342. The first kappa shape index (κ1) is 17.7. The Hall–Kier alpha value is -3.68. The van der Waals surface area contributed by atoms with Gasteiger partial charge in [-0.3, -0.25) is 14.9 Å². The van der Waals surface area contributed by atoms with E-state index in [1.54, 1.807) is 0 Å². The zero-order valence-electron chi connectivity index (χ0n) is 12.8. The van der Waals surface area contributed by atoms with Crippen molar-refractivity contribution < 1.29 is 29.5 Å². The van der Waals surface area contributed by atoms with E-state index in [-0.39, 0.29) is 5.78 Å². The van der Waals surface area contributed by atoms with Crippen LogP contribution in [0.2, 0.25) is 0 Å². The third kappa shape index (κ3) is 4.90. The van der Waals surface area contributed by atoms with E-state index < -0.39 is 28.9 Å². The summed E-state index contributed by atoms with van der Waals surface area (Å²) in [6.07, 6.45) is 2.63. The monoisotopic (exact) mass is 343 g/mol. The van der Waals surface area contributed by atoms with Crippen molar-refractivity contribution in [2.75, 3.05) is 6.61 Å². The molecule has 0 fully saturated rings. The van der Waals surface area contributed by atoms with Gasteiger partial charge in [0.05, 0.1) is 4.92 Å². The van der Waals surface area contributed by atoms with Crippen molar-refractivity contribution in [1.82, 2.24) is 0 Å². The molecule has 25 heavy (non-hydrogen) atoms. The van der Waals surface area contributed by atoms with Crippen LogP contribution in [0, 0.1) is 10.1 Å². The standard InChI is InChI=1S/C17H13NO7/c19-15(12-3-5-13(6-4-12)25-10-17(21)22)7-1-11-2-8-16(20)14(9-11)18(23)24/h1-9,20H,10H2,(H,21,22)/b7-1+. The number of hydrogen-bond acceptors (Lipinski definition) is 6. The number of allylic oxidation sites excluding steroid dienone is 1. The van der Waals surface area contributed by atoms with Gasteiger partial charge in [0.25, 0.3) is 0 Å². The number of carboxylic acid groups (broad SMARTS) is 1. The number of nitrogens with zero attached hydrogens (tertiary/aromatic N) is 1. The molecule has 0 unspecified atom stereocenters. The van der Waals surface area contributed by atoms with Gasteiger partial charge in [-0.1, -0.05) is 12.1 Å². The second-order valence-electron chi connectivity index (χ2n) is 4.91. The van der Waals surface area contributed by atoms with Crippen LogP contribution in [0.3, 0.4) is 0 Å². The highest BCUT2D eigenvalue weighted by Crippen LogP contribution is 2.26. The number of ketones is 1. The van der Waals surface area contributed by atoms with Gasteiger partial charge < -0.3 is 14.9 Å². The average molecular weight is 343 g/mol. The van der Waals surface area contributed by atoms with Crippen LogP contribution in [-0.4, -0.2) is 33.5 Å². The fourth-order valence-corrected chi connectivity index (χ4v) is 1.92. The number of aliphatic carboxylic acids is 1. The summed E-state index contributed by atoms with van der Waals surface area (Å²) in [6, 6.07) is 9.66. The summed E-state index contributed by atoms with van der Waals surface area (Å²) >= 11 is 0. The number of phenols is 1. The summed E-state index contributed by atoms with van der Waals surface area (Å²) in [5.74, 6) is -1.59. The van der Waals surface area contributed by atoms with Gasteiger partial charge in [0.15, 0.2) is 18.1 Å². The number of rotatable bonds is 7. The van der Waals surface area contributed by atoms with Crippen LogP contribution in [0.4, 0.5) is 5.69 Å². The molecule has 0 aliphatic carbocycles. The van der Waals surface area contributed by atoms with Gasteiger partial charge in [0.1, 0.15) is 5.75 Å². The van der Waals surface area contributed by atoms with Crippen molar-refractivity contribution in [2.45, 2.75) is 0 Å². The second-order valence-corrected chi connectivity index (χ2v) is 4.91. The van der Waals surface area contributed by atoms with E-state index in [0.717, 1.165) is 6.07 Å². The number of phenolic OH excluding ortho intramolecular Hbond substituents is 1. The number of ether oxygens (including phenoxy) is 1. The molecule has 0 saturated heterocycles. The van der Waals surface area contributed by atoms with Gasteiger partial charge in [0.2, 0.25) is 0 Å². The van der Waals surface area contributed by atoms with E-state index in [9.17, 15) is 24.8 Å². The molecule has 0 aliphatic rings. The average Bonchev–Trinajstić information content (AvgIpc) is 2.59. The molecule has 0 amide bonds. The largest absolute Gasteiger partial charge is 0.502 e. The first-order valence-corrected chi connectivity index (χ1v) is 7.01. The number of nitro benzene ring substituents is 1. The molecule has 0 radical (unpaired) electrons. The van der Waals surface area contributed by atoms with Crippen LogP contribution < -0.4 is 4.74 Å². The third-order valence-electron chi connectivity index (χ3n) is 3.12. The molecule has 0 aromatic heterocycles. The number of aromatic hydroxyl groups is 1. The van der Waals surface area contributed by atoms with E-state index in [4.69, 9.17) is 9.84 Å². The topological polar surface area (TPSA) is 127 Å². The Labute approximate surface area is 141 Å². The lowest BCUT2D eigenvalue weighted by molar-refractivity contribution is -0.385. The summed E-state index contributed by atoms with van der Waals surface area (Å²) < 4.78 is 4.96. The van der Waals surface area contributed by atoms with Gasteiger partial charge in [-0.25, -0.2) is 4.79 Å². The van der Waals surface area contributed by atoms with Crippen LogP contribution in [0.1, 0.15) is 15.9 Å². The summed E-state index contributed by atoms with van der Waals surface area (Å²) in [7, 11) is 0. The first-order chi connectivity index (χ1) is 11.9. The molecular formula is C17H13NO7. The molecule has 0 spiro atoms. The molecular weight excluding hydrogens is 330 g/mol. The zero-order chi connectivity index (χ0) is 18.4. The lowest BCUT2D eigenvalue weighted by atomic mass is 10.1. The third-order valence-corrected chi connectivity index (χ3v) is 3.12. The number of carboxylic acids is 1. The van der Waals surface area contributed by atoms with Gasteiger partial charge >= 0.3 is 11.7 Å². The Kier molecular flexibility index (Phi) is 5.47. The Balaban J connectivity index is 2.08. The van der Waals surface area contributed by atoms with Crippen LogP contribution >= 0.6 is 0 Å². The molecule has 2 aromatic carbocycles. The molecule has 8 heteroatoms. The molecule has 128 valence electrons.